The molecule has 10 nitrogen and oxygen atoms in total. The molecule has 0 rings (SSSR count). The molecule has 0 radical (unpaired) electrons. The summed E-state index contributed by atoms with van der Waals surface area (Å²) in [5, 5.41) is 18.3. The van der Waals surface area contributed by atoms with Crippen LogP contribution in [0.3, 0.4) is 0 Å². The lowest BCUT2D eigenvalue weighted by molar-refractivity contribution is -0.161. The van der Waals surface area contributed by atoms with Crippen molar-refractivity contribution in [2.45, 2.75) is 180 Å². The molecule has 0 aliphatic rings. The number of phosphoric ester groups is 1. The van der Waals surface area contributed by atoms with Crippen molar-refractivity contribution in [1.29, 1.82) is 0 Å². The van der Waals surface area contributed by atoms with Gasteiger partial charge in [0.1, 0.15) is 12.7 Å². The molecule has 0 fully saturated rings. The number of esters is 2. The predicted octanol–water partition coefficient (Wildman–Crippen LogP) is 12.2. The van der Waals surface area contributed by atoms with E-state index in [4.69, 9.17) is 19.1 Å². The van der Waals surface area contributed by atoms with Crippen molar-refractivity contribution in [1.82, 2.24) is 0 Å². The number of carbonyl (C=O) groups is 2. The standard InChI is InChI=1S/C48H81O10P/c1-3-5-7-9-11-13-15-17-19-21-22-24-26-28-30-32-34-36-38-40-48(52)58-46(44-57-59(53,54)56-42-45(50)41-49)43-55-47(51)39-37-35-33-31-29-27-25-23-20-18-16-14-12-10-8-6-4-2/h11-14,17-20,22,24-25,27-28,30,45-46,49-50H,3-10,15-16,21,23,26,29,31-44H2,1-2H3,(H,53,54)/b13-11+,14-12+,19-17+,20-18+,24-22+,27-25+,30-28+/t45-,46+/m0/s1. The largest absolute Gasteiger partial charge is 0.472 e. The van der Waals surface area contributed by atoms with Gasteiger partial charge in [0.15, 0.2) is 6.10 Å². The number of aliphatic hydroxyl groups excluding tert-OH is 2. The molecule has 3 atom stereocenters. The molecule has 59 heavy (non-hydrogen) atoms. The highest BCUT2D eigenvalue weighted by molar-refractivity contribution is 7.47. The van der Waals surface area contributed by atoms with Crippen molar-refractivity contribution in [2.75, 3.05) is 26.4 Å². The molecule has 338 valence electrons. The molecule has 11 heteroatoms. The van der Waals surface area contributed by atoms with Gasteiger partial charge in [0, 0.05) is 12.8 Å². The first-order chi connectivity index (χ1) is 28.7. The van der Waals surface area contributed by atoms with Gasteiger partial charge in [0.2, 0.25) is 0 Å². The third-order valence-electron chi connectivity index (χ3n) is 9.02. The van der Waals surface area contributed by atoms with Crippen LogP contribution in [0.4, 0.5) is 0 Å². The highest BCUT2D eigenvalue weighted by Gasteiger charge is 2.27. The molecule has 0 aromatic carbocycles. The Kier molecular flexibility index (Phi) is 41.2. The number of rotatable bonds is 41. The predicted molar refractivity (Wildman–Crippen MR) is 242 cm³/mol. The molecule has 0 saturated carbocycles. The zero-order chi connectivity index (χ0) is 43.3. The van der Waals surface area contributed by atoms with Crippen molar-refractivity contribution < 1.29 is 47.8 Å². The highest BCUT2D eigenvalue weighted by atomic mass is 31.2. The first-order valence-corrected chi connectivity index (χ1v) is 24.0. The molecule has 0 aliphatic heterocycles. The Morgan fingerprint density at radius 1 is 0.508 bits per heavy atom. The number of allylic oxidation sites excluding steroid dienone is 14. The quantitative estimate of drug-likeness (QED) is 0.0235. The van der Waals surface area contributed by atoms with Crippen LogP contribution in [0.15, 0.2) is 85.1 Å². The summed E-state index contributed by atoms with van der Waals surface area (Å²) in [5.74, 6) is -0.993. The van der Waals surface area contributed by atoms with Crippen LogP contribution in [0, 0.1) is 0 Å². The Labute approximate surface area is 358 Å². The van der Waals surface area contributed by atoms with E-state index in [1.807, 2.05) is 0 Å². The van der Waals surface area contributed by atoms with Crippen molar-refractivity contribution in [2.24, 2.45) is 0 Å². The van der Waals surface area contributed by atoms with E-state index in [9.17, 15) is 24.2 Å². The second-order valence-corrected chi connectivity index (χ2v) is 16.2. The lowest BCUT2D eigenvalue weighted by Gasteiger charge is -2.20. The minimum atomic E-state index is -4.64. The minimum absolute atomic E-state index is 0.137. The topological polar surface area (TPSA) is 149 Å². The number of phosphoric acid groups is 1. The van der Waals surface area contributed by atoms with Crippen LogP contribution in [0.2, 0.25) is 0 Å². The Morgan fingerprint density at radius 3 is 1.32 bits per heavy atom. The lowest BCUT2D eigenvalue weighted by atomic mass is 10.1. The van der Waals surface area contributed by atoms with Gasteiger partial charge in [-0.25, -0.2) is 4.57 Å². The highest BCUT2D eigenvalue weighted by Crippen LogP contribution is 2.43. The average molecular weight is 849 g/mol. The molecule has 0 bridgehead atoms. The van der Waals surface area contributed by atoms with Crippen molar-refractivity contribution >= 4 is 19.8 Å². The van der Waals surface area contributed by atoms with Crippen LogP contribution in [0.25, 0.3) is 0 Å². The number of hydrogen-bond acceptors (Lipinski definition) is 9. The molecule has 0 aromatic heterocycles. The molecule has 0 heterocycles. The first-order valence-electron chi connectivity index (χ1n) is 22.5. The number of hydrogen-bond donors (Lipinski definition) is 3. The van der Waals surface area contributed by atoms with Crippen molar-refractivity contribution in [3.05, 3.63) is 85.1 Å². The molecule has 0 aliphatic carbocycles. The second-order valence-electron chi connectivity index (χ2n) is 14.7. The van der Waals surface area contributed by atoms with Gasteiger partial charge in [-0.15, -0.1) is 0 Å². The van der Waals surface area contributed by atoms with Gasteiger partial charge in [-0.1, -0.05) is 144 Å². The number of carbonyl (C=O) groups excluding carboxylic acids is 2. The third kappa shape index (κ3) is 43.1. The van der Waals surface area contributed by atoms with Gasteiger partial charge >= 0.3 is 19.8 Å². The maximum absolute atomic E-state index is 12.6. The number of aliphatic hydroxyl groups is 2. The van der Waals surface area contributed by atoms with Gasteiger partial charge in [-0.2, -0.15) is 0 Å². The first kappa shape index (κ1) is 56.1. The van der Waals surface area contributed by atoms with Crippen LogP contribution in [0.5, 0.6) is 0 Å². The summed E-state index contributed by atoms with van der Waals surface area (Å²) in [6, 6.07) is 0. The normalized spacial score (nSPS) is 14.6. The lowest BCUT2D eigenvalue weighted by Crippen LogP contribution is -2.29. The van der Waals surface area contributed by atoms with Crippen LogP contribution < -0.4 is 0 Å². The van der Waals surface area contributed by atoms with Gasteiger partial charge in [-0.3, -0.25) is 18.6 Å². The summed E-state index contributed by atoms with van der Waals surface area (Å²) >= 11 is 0. The fourth-order valence-electron chi connectivity index (χ4n) is 5.51. The van der Waals surface area contributed by atoms with E-state index in [-0.39, 0.29) is 19.4 Å². The van der Waals surface area contributed by atoms with Gasteiger partial charge in [-0.05, 0) is 96.3 Å². The third-order valence-corrected chi connectivity index (χ3v) is 9.97. The SMILES string of the molecule is CCCCC/C=C/C/C=C/C/C=C/C/C=C/CCCCCC(=O)O[C@H](COC(=O)CCCCCC/C=C/C/C=C/C/C=C/CCCCC)COP(=O)(O)OC[C@@H](O)CO. The molecular weight excluding hydrogens is 767 g/mol. The fourth-order valence-corrected chi connectivity index (χ4v) is 6.30. The van der Waals surface area contributed by atoms with Crippen molar-refractivity contribution in [3.63, 3.8) is 0 Å². The Hall–Kier alpha value is -2.85. The molecule has 3 N–H and O–H groups in total. The van der Waals surface area contributed by atoms with E-state index >= 15 is 0 Å². The van der Waals surface area contributed by atoms with Gasteiger partial charge < -0.3 is 24.6 Å². The second kappa shape index (κ2) is 43.2. The van der Waals surface area contributed by atoms with E-state index in [0.717, 1.165) is 77.0 Å². The van der Waals surface area contributed by atoms with Crippen LogP contribution >= 0.6 is 7.82 Å². The zero-order valence-corrected chi connectivity index (χ0v) is 37.6. The molecular formula is C48H81O10P. The zero-order valence-electron chi connectivity index (χ0n) is 36.7. The summed E-state index contributed by atoms with van der Waals surface area (Å²) in [4.78, 5) is 35.0. The van der Waals surface area contributed by atoms with Crippen molar-refractivity contribution in [3.8, 4) is 0 Å². The molecule has 0 spiro atoms. The Balaban J connectivity index is 4.41. The summed E-state index contributed by atoms with van der Waals surface area (Å²) < 4.78 is 32.7. The minimum Gasteiger partial charge on any atom is -0.462 e. The van der Waals surface area contributed by atoms with Crippen LogP contribution in [0.1, 0.15) is 168 Å². The van der Waals surface area contributed by atoms with Gasteiger partial charge in [0.05, 0.1) is 19.8 Å². The maximum Gasteiger partial charge on any atom is 0.472 e. The smallest absolute Gasteiger partial charge is 0.462 e. The number of ether oxygens (including phenoxy) is 2. The molecule has 0 aromatic rings. The monoisotopic (exact) mass is 849 g/mol. The van der Waals surface area contributed by atoms with E-state index < -0.39 is 51.8 Å². The maximum atomic E-state index is 12.6. The van der Waals surface area contributed by atoms with E-state index in [1.165, 1.54) is 51.4 Å². The molecule has 0 amide bonds. The Morgan fingerprint density at radius 2 is 0.881 bits per heavy atom. The van der Waals surface area contributed by atoms with Crippen LogP contribution in [-0.2, 0) is 32.7 Å². The van der Waals surface area contributed by atoms with E-state index in [1.54, 1.807) is 0 Å². The summed E-state index contributed by atoms with van der Waals surface area (Å²) in [6.07, 6.45) is 51.1. The van der Waals surface area contributed by atoms with E-state index in [2.05, 4.69) is 103 Å². The summed E-state index contributed by atoms with van der Waals surface area (Å²) in [5.41, 5.74) is 0. The number of unbranched alkanes of at least 4 members (excludes halogenated alkanes) is 13. The summed E-state index contributed by atoms with van der Waals surface area (Å²) in [6.45, 7) is 2.25. The van der Waals surface area contributed by atoms with Crippen LogP contribution in [-0.4, -0.2) is 65.7 Å². The average Bonchev–Trinajstić information content (AvgIpc) is 3.22. The summed E-state index contributed by atoms with van der Waals surface area (Å²) in [7, 11) is -4.64. The van der Waals surface area contributed by atoms with Gasteiger partial charge in [0.25, 0.3) is 0 Å². The molecule has 0 saturated heterocycles. The fraction of sp³-hybridized carbons (Fsp3) is 0.667. The van der Waals surface area contributed by atoms with E-state index in [0.29, 0.717) is 12.8 Å². The molecule has 1 unspecified atom stereocenters. The Bertz CT molecular complexity index is 1250.